The monoisotopic (exact) mass is 118 g/mol. The molecule has 0 amide bonds. The van der Waals surface area contributed by atoms with Crippen LogP contribution in [-0.2, 0) is 4.74 Å². The lowest BCUT2D eigenvalue weighted by molar-refractivity contribution is 0.175. The Labute approximate surface area is 51.0 Å². The Morgan fingerprint density at radius 2 is 2.62 bits per heavy atom. The number of aliphatic hydroxyl groups excluding tert-OH is 1. The molecule has 50 valence electrons. The fourth-order valence-electron chi connectivity index (χ4n) is 0.994. The summed E-state index contributed by atoms with van der Waals surface area (Å²) in [6.45, 7) is 2.07. The van der Waals surface area contributed by atoms with Crippen molar-refractivity contribution in [1.29, 1.82) is 0 Å². The summed E-state index contributed by atoms with van der Waals surface area (Å²) < 4.78 is 5.10. The molecule has 1 rings (SSSR count). The zero-order chi connectivity index (χ0) is 5.82. The van der Waals surface area contributed by atoms with E-state index in [4.69, 9.17) is 9.84 Å². The molecule has 0 aromatic heterocycles. The van der Waals surface area contributed by atoms with E-state index in [0.29, 0.717) is 12.5 Å². The molecule has 2 heteroatoms. The summed E-state index contributed by atoms with van der Waals surface area (Å²) in [6.07, 6.45) is 2.06. The standard InChI is InChI=1S/C6H12O2.H2/c7-3-1-6-2-4-8-5-6;/h6-7H,1-5H2;1H. The van der Waals surface area contributed by atoms with Crippen molar-refractivity contribution in [1.82, 2.24) is 0 Å². The minimum Gasteiger partial charge on any atom is -0.396 e. The first-order chi connectivity index (χ1) is 3.93. The van der Waals surface area contributed by atoms with Gasteiger partial charge in [0.1, 0.15) is 0 Å². The molecule has 0 saturated carbocycles. The summed E-state index contributed by atoms with van der Waals surface area (Å²) in [5.74, 6) is 0.639. The number of ether oxygens (including phenoxy) is 1. The molecule has 1 fully saturated rings. The van der Waals surface area contributed by atoms with Crippen LogP contribution < -0.4 is 0 Å². The van der Waals surface area contributed by atoms with Crippen molar-refractivity contribution in [3.63, 3.8) is 0 Å². The molecule has 1 unspecified atom stereocenters. The molecular formula is C6H14O2. The van der Waals surface area contributed by atoms with Crippen molar-refractivity contribution in [2.75, 3.05) is 19.8 Å². The number of hydrogen-bond donors (Lipinski definition) is 1. The molecule has 0 aromatic carbocycles. The summed E-state index contributed by atoms with van der Waals surface area (Å²) in [5.41, 5.74) is 0. The van der Waals surface area contributed by atoms with Gasteiger partial charge in [0.05, 0.1) is 0 Å². The van der Waals surface area contributed by atoms with E-state index in [2.05, 4.69) is 0 Å². The average molecular weight is 118 g/mol. The predicted molar refractivity (Wildman–Crippen MR) is 32.7 cm³/mol. The van der Waals surface area contributed by atoms with Crippen LogP contribution in [0.15, 0.2) is 0 Å². The highest BCUT2D eigenvalue weighted by Crippen LogP contribution is 2.14. The largest absolute Gasteiger partial charge is 0.396 e. The molecule has 0 radical (unpaired) electrons. The van der Waals surface area contributed by atoms with Gasteiger partial charge in [-0.25, -0.2) is 0 Å². The van der Waals surface area contributed by atoms with E-state index in [1.807, 2.05) is 0 Å². The van der Waals surface area contributed by atoms with Gasteiger partial charge in [0.25, 0.3) is 0 Å². The second-order valence-electron chi connectivity index (χ2n) is 2.24. The first-order valence-corrected chi connectivity index (χ1v) is 3.12. The summed E-state index contributed by atoms with van der Waals surface area (Å²) >= 11 is 0. The molecule has 0 aromatic rings. The van der Waals surface area contributed by atoms with E-state index in [0.717, 1.165) is 26.1 Å². The fourth-order valence-corrected chi connectivity index (χ4v) is 0.994. The Kier molecular flexibility index (Phi) is 2.30. The van der Waals surface area contributed by atoms with Crippen LogP contribution in [-0.4, -0.2) is 24.9 Å². The minimum absolute atomic E-state index is 0. The Morgan fingerprint density at radius 3 is 3.12 bits per heavy atom. The quantitative estimate of drug-likeness (QED) is 0.577. The Hall–Kier alpha value is -0.0800. The first kappa shape index (κ1) is 6.05. The van der Waals surface area contributed by atoms with Gasteiger partial charge in [0.2, 0.25) is 0 Å². The van der Waals surface area contributed by atoms with Crippen LogP contribution in [0.25, 0.3) is 0 Å². The normalized spacial score (nSPS) is 28.9. The molecule has 1 atom stereocenters. The number of aliphatic hydroxyl groups is 1. The Bertz CT molecular complexity index is 62.1. The van der Waals surface area contributed by atoms with E-state index in [9.17, 15) is 0 Å². The van der Waals surface area contributed by atoms with Gasteiger partial charge in [0, 0.05) is 21.2 Å². The molecular weight excluding hydrogens is 104 g/mol. The third-order valence-electron chi connectivity index (χ3n) is 1.56. The van der Waals surface area contributed by atoms with Crippen LogP contribution in [0.1, 0.15) is 14.3 Å². The minimum atomic E-state index is 0. The lowest BCUT2D eigenvalue weighted by atomic mass is 10.1. The molecule has 1 N–H and O–H groups in total. The van der Waals surface area contributed by atoms with Gasteiger partial charge >= 0.3 is 0 Å². The maximum atomic E-state index is 8.47. The molecule has 2 nitrogen and oxygen atoms in total. The topological polar surface area (TPSA) is 29.5 Å². The van der Waals surface area contributed by atoms with Crippen molar-refractivity contribution < 1.29 is 11.3 Å². The zero-order valence-corrected chi connectivity index (χ0v) is 4.97. The molecule has 8 heavy (non-hydrogen) atoms. The zero-order valence-electron chi connectivity index (χ0n) is 4.97. The lowest BCUT2D eigenvalue weighted by Gasteiger charge is -2.00. The van der Waals surface area contributed by atoms with Crippen LogP contribution in [0.3, 0.4) is 0 Å². The first-order valence-electron chi connectivity index (χ1n) is 3.12. The SMILES string of the molecule is OCCC1CCOC1.[HH]. The average Bonchev–Trinajstić information content (AvgIpc) is 2.19. The molecule has 1 saturated heterocycles. The van der Waals surface area contributed by atoms with Crippen LogP contribution in [0, 0.1) is 5.92 Å². The maximum absolute atomic E-state index is 8.47. The highest BCUT2D eigenvalue weighted by Gasteiger charge is 2.13. The van der Waals surface area contributed by atoms with E-state index in [-0.39, 0.29) is 1.43 Å². The van der Waals surface area contributed by atoms with Crippen molar-refractivity contribution in [3.05, 3.63) is 0 Å². The predicted octanol–water partition coefficient (Wildman–Crippen LogP) is 0.651. The number of rotatable bonds is 2. The molecule has 0 aliphatic carbocycles. The molecule has 1 aliphatic heterocycles. The Balaban J connectivity index is 0.000000640. The lowest BCUT2D eigenvalue weighted by Crippen LogP contribution is -2.00. The molecule has 1 aliphatic rings. The highest BCUT2D eigenvalue weighted by atomic mass is 16.5. The smallest absolute Gasteiger partial charge is 0.0495 e. The van der Waals surface area contributed by atoms with Gasteiger partial charge < -0.3 is 9.84 Å². The summed E-state index contributed by atoms with van der Waals surface area (Å²) in [5, 5.41) is 8.47. The van der Waals surface area contributed by atoms with E-state index >= 15 is 0 Å². The summed E-state index contributed by atoms with van der Waals surface area (Å²) in [7, 11) is 0. The molecule has 0 spiro atoms. The van der Waals surface area contributed by atoms with Crippen LogP contribution in [0.2, 0.25) is 0 Å². The second kappa shape index (κ2) is 3.05. The van der Waals surface area contributed by atoms with Crippen molar-refractivity contribution in [3.8, 4) is 0 Å². The van der Waals surface area contributed by atoms with E-state index in [1.54, 1.807) is 0 Å². The summed E-state index contributed by atoms with van der Waals surface area (Å²) in [6, 6.07) is 0. The van der Waals surface area contributed by atoms with E-state index < -0.39 is 0 Å². The van der Waals surface area contributed by atoms with Gasteiger partial charge in [-0.1, -0.05) is 0 Å². The van der Waals surface area contributed by atoms with Gasteiger partial charge in [-0.05, 0) is 18.8 Å². The van der Waals surface area contributed by atoms with Gasteiger partial charge in [-0.3, -0.25) is 0 Å². The van der Waals surface area contributed by atoms with Crippen LogP contribution in [0.4, 0.5) is 0 Å². The van der Waals surface area contributed by atoms with Crippen molar-refractivity contribution in [2.45, 2.75) is 12.8 Å². The highest BCUT2D eigenvalue weighted by molar-refractivity contribution is 4.62. The third kappa shape index (κ3) is 1.46. The van der Waals surface area contributed by atoms with Gasteiger partial charge in [0.15, 0.2) is 0 Å². The summed E-state index contributed by atoms with van der Waals surface area (Å²) in [4.78, 5) is 0. The van der Waals surface area contributed by atoms with Crippen LogP contribution in [0.5, 0.6) is 0 Å². The van der Waals surface area contributed by atoms with Gasteiger partial charge in [-0.2, -0.15) is 0 Å². The Morgan fingerprint density at radius 1 is 1.75 bits per heavy atom. The second-order valence-corrected chi connectivity index (χ2v) is 2.24. The maximum Gasteiger partial charge on any atom is 0.0495 e. The van der Waals surface area contributed by atoms with Crippen LogP contribution >= 0.6 is 0 Å². The molecule has 1 heterocycles. The van der Waals surface area contributed by atoms with Gasteiger partial charge in [-0.15, -0.1) is 0 Å². The third-order valence-corrected chi connectivity index (χ3v) is 1.56. The van der Waals surface area contributed by atoms with E-state index in [1.165, 1.54) is 0 Å². The number of hydrogen-bond acceptors (Lipinski definition) is 2. The molecule has 0 bridgehead atoms. The van der Waals surface area contributed by atoms with Crippen molar-refractivity contribution in [2.24, 2.45) is 5.92 Å². The van der Waals surface area contributed by atoms with Crippen molar-refractivity contribution >= 4 is 0 Å². The fraction of sp³-hybridized carbons (Fsp3) is 1.00.